The Morgan fingerprint density at radius 3 is 2.58 bits per heavy atom. The molecule has 4 heteroatoms. The van der Waals surface area contributed by atoms with Gasteiger partial charge < -0.3 is 14.3 Å². The van der Waals surface area contributed by atoms with Gasteiger partial charge in [0.15, 0.2) is 0 Å². The molecule has 0 fully saturated rings. The predicted molar refractivity (Wildman–Crippen MR) is 70.3 cm³/mol. The average molecular weight is 258 g/mol. The molecule has 2 rings (SSSR count). The van der Waals surface area contributed by atoms with Crippen molar-refractivity contribution < 1.29 is 19.1 Å². The Morgan fingerprint density at radius 2 is 2.00 bits per heavy atom. The molecule has 0 spiro atoms. The Bertz CT molecular complexity index is 566. The lowest BCUT2D eigenvalue weighted by Gasteiger charge is -2.04. The lowest BCUT2D eigenvalue weighted by atomic mass is 10.1. The lowest BCUT2D eigenvalue weighted by Crippen LogP contribution is -1.95. The molecule has 19 heavy (non-hydrogen) atoms. The summed E-state index contributed by atoms with van der Waals surface area (Å²) in [6, 6.07) is 10.6. The zero-order valence-electron chi connectivity index (χ0n) is 10.3. The van der Waals surface area contributed by atoms with Crippen molar-refractivity contribution in [2.24, 2.45) is 0 Å². The highest BCUT2D eigenvalue weighted by Gasteiger charge is 2.09. The van der Waals surface area contributed by atoms with E-state index in [4.69, 9.17) is 14.3 Å². The Balaban J connectivity index is 1.93. The fourth-order valence-corrected chi connectivity index (χ4v) is 1.61. The van der Waals surface area contributed by atoms with E-state index in [-0.39, 0.29) is 12.4 Å². The maximum absolute atomic E-state index is 10.6. The quantitative estimate of drug-likeness (QED) is 0.808. The van der Waals surface area contributed by atoms with Gasteiger partial charge in [0.05, 0.1) is 0 Å². The summed E-state index contributed by atoms with van der Waals surface area (Å²) in [7, 11) is 0. The third-order valence-corrected chi connectivity index (χ3v) is 2.56. The monoisotopic (exact) mass is 258 g/mol. The summed E-state index contributed by atoms with van der Waals surface area (Å²) in [5, 5.41) is 8.72. The highest BCUT2D eigenvalue weighted by atomic mass is 16.5. The van der Waals surface area contributed by atoms with E-state index in [1.165, 1.54) is 6.07 Å². The molecule has 0 aliphatic heterocycles. The molecular weight excluding hydrogens is 244 g/mol. The Labute approximate surface area is 110 Å². The molecule has 0 unspecified atom stereocenters. The van der Waals surface area contributed by atoms with Crippen LogP contribution in [-0.2, 0) is 13.0 Å². The molecule has 4 nitrogen and oxygen atoms in total. The van der Waals surface area contributed by atoms with Crippen LogP contribution in [0.25, 0.3) is 0 Å². The summed E-state index contributed by atoms with van der Waals surface area (Å²) in [5.41, 5.74) is 1.16. The molecule has 1 aromatic carbocycles. The van der Waals surface area contributed by atoms with Crippen molar-refractivity contribution in [3.8, 4) is 5.75 Å². The Morgan fingerprint density at radius 1 is 1.26 bits per heavy atom. The number of aromatic carboxylic acids is 1. The van der Waals surface area contributed by atoms with Crippen molar-refractivity contribution in [2.75, 3.05) is 0 Å². The van der Waals surface area contributed by atoms with Gasteiger partial charge in [0.25, 0.3) is 0 Å². The molecule has 0 radical (unpaired) electrons. The van der Waals surface area contributed by atoms with Gasteiger partial charge >= 0.3 is 5.97 Å². The molecule has 0 saturated heterocycles. The summed E-state index contributed by atoms with van der Waals surface area (Å²) in [6.07, 6.45) is 2.66. The van der Waals surface area contributed by atoms with Crippen molar-refractivity contribution in [1.29, 1.82) is 0 Å². The third-order valence-electron chi connectivity index (χ3n) is 2.56. The predicted octanol–water partition coefficient (Wildman–Crippen LogP) is 3.29. The number of allylic oxidation sites excluding steroid dienone is 1. The van der Waals surface area contributed by atoms with E-state index < -0.39 is 5.97 Å². The van der Waals surface area contributed by atoms with Crippen LogP contribution in [0.3, 0.4) is 0 Å². The standard InChI is InChI=1S/C15H14O4/c1-2-3-11-4-6-12(7-5-11)18-10-13-8-9-14(19-13)15(16)17/h2,4-9H,1,3,10H2,(H,16,17). The van der Waals surface area contributed by atoms with Crippen LogP contribution in [0.4, 0.5) is 0 Å². The first-order chi connectivity index (χ1) is 9.19. The first kappa shape index (κ1) is 13.0. The Kier molecular flexibility index (Phi) is 4.03. The van der Waals surface area contributed by atoms with E-state index in [0.29, 0.717) is 11.5 Å². The first-order valence-electron chi connectivity index (χ1n) is 5.83. The van der Waals surface area contributed by atoms with Crippen molar-refractivity contribution >= 4 is 5.97 Å². The van der Waals surface area contributed by atoms with Crippen molar-refractivity contribution in [3.05, 3.63) is 66.1 Å². The number of hydrogen-bond acceptors (Lipinski definition) is 3. The van der Waals surface area contributed by atoms with E-state index in [0.717, 1.165) is 12.0 Å². The second kappa shape index (κ2) is 5.91. The molecule has 0 amide bonds. The molecule has 98 valence electrons. The second-order valence-electron chi connectivity index (χ2n) is 4.00. The van der Waals surface area contributed by atoms with Crippen molar-refractivity contribution in [2.45, 2.75) is 13.0 Å². The van der Waals surface area contributed by atoms with E-state index in [2.05, 4.69) is 6.58 Å². The van der Waals surface area contributed by atoms with Gasteiger partial charge in [0.1, 0.15) is 18.1 Å². The molecule has 0 aliphatic rings. The smallest absolute Gasteiger partial charge is 0.371 e. The maximum Gasteiger partial charge on any atom is 0.371 e. The molecular formula is C15H14O4. The maximum atomic E-state index is 10.6. The number of furan rings is 1. The number of hydrogen-bond donors (Lipinski definition) is 1. The van der Waals surface area contributed by atoms with Gasteiger partial charge in [-0.15, -0.1) is 6.58 Å². The van der Waals surface area contributed by atoms with Crippen LogP contribution in [0, 0.1) is 0 Å². The lowest BCUT2D eigenvalue weighted by molar-refractivity contribution is 0.0658. The molecule has 0 bridgehead atoms. The van der Waals surface area contributed by atoms with Gasteiger partial charge in [0, 0.05) is 0 Å². The number of rotatable bonds is 6. The highest BCUT2D eigenvalue weighted by Crippen LogP contribution is 2.16. The summed E-state index contributed by atoms with van der Waals surface area (Å²) in [5.74, 6) is 0.0219. The van der Waals surface area contributed by atoms with Gasteiger partial charge in [-0.25, -0.2) is 4.79 Å². The Hall–Kier alpha value is -2.49. The van der Waals surface area contributed by atoms with Crippen LogP contribution in [0.5, 0.6) is 5.75 Å². The van der Waals surface area contributed by atoms with Crippen LogP contribution < -0.4 is 4.74 Å². The van der Waals surface area contributed by atoms with Gasteiger partial charge in [-0.05, 0) is 36.2 Å². The van der Waals surface area contributed by atoms with Gasteiger partial charge in [-0.1, -0.05) is 18.2 Å². The molecule has 1 aromatic heterocycles. The fourth-order valence-electron chi connectivity index (χ4n) is 1.61. The largest absolute Gasteiger partial charge is 0.486 e. The number of carboxylic acids is 1. The SMILES string of the molecule is C=CCc1ccc(OCc2ccc(C(=O)O)o2)cc1. The van der Waals surface area contributed by atoms with E-state index in [9.17, 15) is 4.79 Å². The molecule has 2 aromatic rings. The molecule has 1 heterocycles. The number of ether oxygens (including phenoxy) is 1. The number of benzene rings is 1. The van der Waals surface area contributed by atoms with Gasteiger partial charge in [-0.2, -0.15) is 0 Å². The van der Waals surface area contributed by atoms with Crippen LogP contribution in [-0.4, -0.2) is 11.1 Å². The van der Waals surface area contributed by atoms with E-state index in [1.807, 2.05) is 30.3 Å². The zero-order chi connectivity index (χ0) is 13.7. The van der Waals surface area contributed by atoms with Crippen LogP contribution in [0.1, 0.15) is 21.9 Å². The van der Waals surface area contributed by atoms with Crippen LogP contribution in [0.2, 0.25) is 0 Å². The molecule has 0 aliphatic carbocycles. The van der Waals surface area contributed by atoms with Crippen LogP contribution in [0.15, 0.2) is 53.5 Å². The highest BCUT2D eigenvalue weighted by molar-refractivity contribution is 5.84. The summed E-state index contributed by atoms with van der Waals surface area (Å²) in [6.45, 7) is 3.88. The normalized spacial score (nSPS) is 10.1. The van der Waals surface area contributed by atoms with Crippen molar-refractivity contribution in [3.63, 3.8) is 0 Å². The van der Waals surface area contributed by atoms with E-state index in [1.54, 1.807) is 6.07 Å². The van der Waals surface area contributed by atoms with E-state index >= 15 is 0 Å². The summed E-state index contributed by atoms with van der Waals surface area (Å²) in [4.78, 5) is 10.6. The minimum Gasteiger partial charge on any atom is -0.486 e. The molecule has 1 N–H and O–H groups in total. The molecule has 0 saturated carbocycles. The van der Waals surface area contributed by atoms with Crippen LogP contribution >= 0.6 is 0 Å². The number of carbonyl (C=O) groups is 1. The third kappa shape index (κ3) is 3.48. The summed E-state index contributed by atoms with van der Waals surface area (Å²) >= 11 is 0. The minimum atomic E-state index is -1.08. The molecule has 0 atom stereocenters. The zero-order valence-corrected chi connectivity index (χ0v) is 10.3. The minimum absolute atomic E-state index is 0.0834. The van der Waals surface area contributed by atoms with Crippen molar-refractivity contribution in [1.82, 2.24) is 0 Å². The fraction of sp³-hybridized carbons (Fsp3) is 0.133. The second-order valence-corrected chi connectivity index (χ2v) is 4.00. The van der Waals surface area contributed by atoms with Gasteiger partial charge in [-0.3, -0.25) is 0 Å². The first-order valence-corrected chi connectivity index (χ1v) is 5.83. The number of carboxylic acid groups (broad SMARTS) is 1. The van der Waals surface area contributed by atoms with Gasteiger partial charge in [0.2, 0.25) is 5.76 Å². The average Bonchev–Trinajstić information content (AvgIpc) is 2.87. The topological polar surface area (TPSA) is 59.7 Å². The summed E-state index contributed by atoms with van der Waals surface area (Å²) < 4.78 is 10.6.